The Morgan fingerprint density at radius 3 is 1.88 bits per heavy atom. The van der Waals surface area contributed by atoms with Gasteiger partial charge in [-0.3, -0.25) is 0 Å². The summed E-state index contributed by atoms with van der Waals surface area (Å²) in [4.78, 5) is 0. The van der Waals surface area contributed by atoms with E-state index in [4.69, 9.17) is 0 Å². The molecule has 0 fully saturated rings. The number of benzene rings is 8. The second-order valence-electron chi connectivity index (χ2n) is 16.4. The molecular formula is C64H48N+. The van der Waals surface area contributed by atoms with E-state index >= 15 is 0 Å². The van der Waals surface area contributed by atoms with Gasteiger partial charge in [-0.2, -0.15) is 4.57 Å². The summed E-state index contributed by atoms with van der Waals surface area (Å²) in [6.45, 7) is 7.65. The van der Waals surface area contributed by atoms with E-state index in [0.717, 1.165) is 55.6 Å². The highest BCUT2D eigenvalue weighted by molar-refractivity contribution is 5.98. The van der Waals surface area contributed by atoms with E-state index in [1.165, 1.54) is 0 Å². The van der Waals surface area contributed by atoms with Crippen LogP contribution in [0.1, 0.15) is 61.0 Å². The number of nitrogens with zero attached hydrogens (tertiary/aromatic N) is 1. The van der Waals surface area contributed by atoms with Gasteiger partial charge >= 0.3 is 0 Å². The van der Waals surface area contributed by atoms with Gasteiger partial charge in [-0.05, 0) is 114 Å². The molecule has 11 rings (SSSR count). The average Bonchev–Trinajstić information content (AvgIpc) is 3.71. The molecule has 1 heteroatoms. The number of hydrogen-bond donors (Lipinski definition) is 0. The van der Waals surface area contributed by atoms with E-state index in [-0.39, 0.29) is 47.4 Å². The summed E-state index contributed by atoms with van der Waals surface area (Å²) in [6.07, 6.45) is 9.37. The zero-order chi connectivity index (χ0) is 49.8. The van der Waals surface area contributed by atoms with E-state index in [0.29, 0.717) is 33.0 Å². The molecule has 9 aromatic rings. The van der Waals surface area contributed by atoms with Crippen LogP contribution < -0.4 is 4.57 Å². The second-order valence-corrected chi connectivity index (χ2v) is 16.4. The number of fused-ring (bicyclic) bond motifs is 5. The van der Waals surface area contributed by atoms with Crippen LogP contribution in [0.4, 0.5) is 0 Å². The van der Waals surface area contributed by atoms with Crippen LogP contribution in [-0.4, -0.2) is 0 Å². The molecule has 8 aromatic carbocycles. The highest BCUT2D eigenvalue weighted by atomic mass is 15.0. The molecule has 1 nitrogen and oxygen atoms in total. The summed E-state index contributed by atoms with van der Waals surface area (Å²) >= 11 is 0. The first-order valence-corrected chi connectivity index (χ1v) is 22.0. The SMILES string of the molecule is [2H]C1=C([2H])C([n+]2c3cc4c(cc3cc3c([2H])c(-c5ccccc5-c5ccccc5)c([2H])c([2H])c32)-c2ccccc2C4(c2ccccc2)c2ccccc2)C([2H])C([2H])=C1c1ccc(/C=C\C=C)c(/C=C\C=C)c1. The van der Waals surface area contributed by atoms with Crippen LogP contribution in [0.2, 0.25) is 0 Å². The maximum Gasteiger partial charge on any atom is 0.213 e. The molecule has 1 heterocycles. The standard InChI is InChI=1S/C64H48N/c1-3-5-20-45-32-33-49(40-48(45)21-6-4-2)46-34-37-55(38-35-46)65-62-39-36-50(57-29-17-16-28-56(57)47-22-10-7-11-23-47)41-51(62)42-52-43-59-58-30-18-19-31-60(58)64(61(59)44-63(52)65,53-24-12-8-13-25-53)54-26-14-9-15-27-54/h3-37,39-44,55H,1-2,38H2/q+1/b20-5-,21-6-/i34D,35D,36D,37D,38D,39D,41D. The molecule has 1 aromatic heterocycles. The van der Waals surface area contributed by atoms with E-state index < -0.39 is 17.9 Å². The van der Waals surface area contributed by atoms with Crippen LogP contribution in [-0.2, 0) is 5.41 Å². The topological polar surface area (TPSA) is 3.88 Å². The van der Waals surface area contributed by atoms with E-state index in [1.54, 1.807) is 16.7 Å². The first-order valence-electron chi connectivity index (χ1n) is 25.5. The minimum absolute atomic E-state index is 0.0285. The van der Waals surface area contributed by atoms with Gasteiger partial charge in [-0.15, -0.1) is 0 Å². The van der Waals surface area contributed by atoms with Crippen molar-refractivity contribution in [2.45, 2.75) is 17.9 Å². The summed E-state index contributed by atoms with van der Waals surface area (Å²) in [6, 6.07) is 56.2. The van der Waals surface area contributed by atoms with Crippen LogP contribution in [0.15, 0.2) is 250 Å². The average molecular weight is 838 g/mol. The van der Waals surface area contributed by atoms with Gasteiger partial charge < -0.3 is 0 Å². The van der Waals surface area contributed by atoms with Gasteiger partial charge in [0.05, 0.1) is 13.6 Å². The Hall–Kier alpha value is -8.13. The molecule has 0 amide bonds. The van der Waals surface area contributed by atoms with E-state index in [9.17, 15) is 9.60 Å². The quantitative estimate of drug-likeness (QED) is 0.0734. The monoisotopic (exact) mass is 837 g/mol. The maximum absolute atomic E-state index is 10.1. The number of aromatic nitrogens is 1. The van der Waals surface area contributed by atoms with Gasteiger partial charge in [0.25, 0.3) is 0 Å². The largest absolute Gasteiger partial charge is 0.213 e. The Morgan fingerprint density at radius 2 is 1.17 bits per heavy atom. The Morgan fingerprint density at radius 1 is 0.538 bits per heavy atom. The predicted octanol–water partition coefficient (Wildman–Crippen LogP) is 16.0. The maximum atomic E-state index is 10.1. The van der Waals surface area contributed by atoms with E-state index in [2.05, 4.69) is 67.8 Å². The molecule has 0 bridgehead atoms. The highest BCUT2D eigenvalue weighted by Crippen LogP contribution is 2.57. The van der Waals surface area contributed by atoms with Crippen LogP contribution in [0, 0.1) is 0 Å². The van der Waals surface area contributed by atoms with Crippen LogP contribution in [0.3, 0.4) is 0 Å². The lowest BCUT2D eigenvalue weighted by atomic mass is 9.67. The van der Waals surface area contributed by atoms with Crippen LogP contribution in [0.5, 0.6) is 0 Å². The summed E-state index contributed by atoms with van der Waals surface area (Å²) in [5.41, 5.74) is 11.1. The molecule has 308 valence electrons. The lowest BCUT2D eigenvalue weighted by molar-refractivity contribution is -0.661. The van der Waals surface area contributed by atoms with Crippen molar-refractivity contribution in [3.8, 4) is 33.4 Å². The Labute approximate surface area is 392 Å². The van der Waals surface area contributed by atoms with Gasteiger partial charge in [0.1, 0.15) is 0 Å². The molecule has 2 unspecified atom stereocenters. The highest BCUT2D eigenvalue weighted by Gasteiger charge is 2.47. The van der Waals surface area contributed by atoms with Gasteiger partial charge in [0.2, 0.25) is 11.0 Å². The minimum Gasteiger partial charge on any atom is -0.184 e. The summed E-state index contributed by atoms with van der Waals surface area (Å²) in [7, 11) is 0. The lowest BCUT2D eigenvalue weighted by Gasteiger charge is -2.33. The van der Waals surface area contributed by atoms with Crippen molar-refractivity contribution in [2.75, 3.05) is 0 Å². The van der Waals surface area contributed by atoms with Gasteiger partial charge in [-0.1, -0.05) is 213 Å². The molecule has 0 spiro atoms. The molecule has 0 aliphatic heterocycles. The smallest absolute Gasteiger partial charge is 0.184 e. The molecule has 2 atom stereocenters. The van der Waals surface area contributed by atoms with Crippen molar-refractivity contribution >= 4 is 39.5 Å². The number of hydrogen-bond acceptors (Lipinski definition) is 0. The molecular weight excluding hydrogens is 783 g/mol. The van der Waals surface area contributed by atoms with Crippen molar-refractivity contribution in [1.29, 1.82) is 0 Å². The summed E-state index contributed by atoms with van der Waals surface area (Å²) < 4.78 is 71.6. The second kappa shape index (κ2) is 16.9. The van der Waals surface area contributed by atoms with Crippen molar-refractivity contribution in [1.82, 2.24) is 0 Å². The van der Waals surface area contributed by atoms with E-state index in [1.807, 2.05) is 146 Å². The number of pyridine rings is 1. The number of allylic oxidation sites excluding steroid dienone is 8. The van der Waals surface area contributed by atoms with Gasteiger partial charge in [-0.25, -0.2) is 0 Å². The predicted molar refractivity (Wildman–Crippen MR) is 275 cm³/mol. The fraction of sp³-hybridized carbons (Fsp3) is 0.0469. The Kier molecular flexibility index (Phi) is 8.44. The van der Waals surface area contributed by atoms with Crippen molar-refractivity contribution in [3.05, 3.63) is 289 Å². The summed E-state index contributed by atoms with van der Waals surface area (Å²) in [5.74, 6) is 0. The van der Waals surface area contributed by atoms with Crippen LogP contribution in [0.25, 0.3) is 72.9 Å². The van der Waals surface area contributed by atoms with Gasteiger partial charge in [0, 0.05) is 30.6 Å². The first kappa shape index (κ1) is 32.5. The third-order valence-electron chi connectivity index (χ3n) is 12.7. The van der Waals surface area contributed by atoms with Crippen molar-refractivity contribution in [3.63, 3.8) is 0 Å². The molecule has 0 saturated heterocycles. The Balaban J connectivity index is 1.24. The number of rotatable bonds is 10. The first-order chi connectivity index (χ1) is 35.1. The fourth-order valence-corrected chi connectivity index (χ4v) is 9.85. The molecule has 0 radical (unpaired) electrons. The molecule has 0 saturated carbocycles. The van der Waals surface area contributed by atoms with Crippen LogP contribution >= 0.6 is 0 Å². The molecule has 0 N–H and O–H groups in total. The molecule has 2 aliphatic carbocycles. The fourth-order valence-electron chi connectivity index (χ4n) is 9.85. The van der Waals surface area contributed by atoms with Crippen molar-refractivity contribution < 1.29 is 14.2 Å². The normalized spacial score (nSPS) is 18.1. The zero-order valence-electron chi connectivity index (χ0n) is 42.7. The lowest BCUT2D eigenvalue weighted by Crippen LogP contribution is -2.41. The third kappa shape index (κ3) is 6.85. The van der Waals surface area contributed by atoms with Gasteiger partial charge in [0.15, 0.2) is 6.04 Å². The molecule has 65 heavy (non-hydrogen) atoms. The molecule has 2 aliphatic rings. The van der Waals surface area contributed by atoms with Crippen molar-refractivity contribution in [2.24, 2.45) is 0 Å². The summed E-state index contributed by atoms with van der Waals surface area (Å²) in [5, 5.41) is 1.05. The zero-order valence-corrected chi connectivity index (χ0v) is 35.7. The Bertz CT molecular complexity index is 3780. The minimum atomic E-state index is -1.44. The third-order valence-corrected chi connectivity index (χ3v) is 12.7.